The molecule has 2 atom stereocenters. The largest absolute Gasteiger partial charge is 0.496 e. The molecule has 0 amide bonds. The van der Waals surface area contributed by atoms with Crippen LogP contribution in [0.25, 0.3) is 0 Å². The van der Waals surface area contributed by atoms with E-state index < -0.39 is 0 Å². The van der Waals surface area contributed by atoms with Crippen LogP contribution in [0.15, 0.2) is 35.1 Å². The lowest BCUT2D eigenvalue weighted by atomic mass is 9.83. The molecule has 0 aliphatic carbocycles. The minimum Gasteiger partial charge on any atom is -0.496 e. The van der Waals surface area contributed by atoms with Crippen molar-refractivity contribution in [2.75, 3.05) is 34.4 Å². The van der Waals surface area contributed by atoms with Crippen LogP contribution in [0.2, 0.25) is 0 Å². The van der Waals surface area contributed by atoms with Gasteiger partial charge in [-0.2, -0.15) is 0 Å². The van der Waals surface area contributed by atoms with Crippen molar-refractivity contribution in [2.24, 2.45) is 5.92 Å². The summed E-state index contributed by atoms with van der Waals surface area (Å²) >= 11 is 0. The highest BCUT2D eigenvalue weighted by Gasteiger charge is 2.34. The maximum absolute atomic E-state index is 12.2. The Hall–Kier alpha value is -2.47. The summed E-state index contributed by atoms with van der Waals surface area (Å²) in [6.45, 7) is 3.52. The number of hydrogen-bond acceptors (Lipinski definition) is 5. The predicted octanol–water partition coefficient (Wildman–Crippen LogP) is 2.49. The second-order valence-electron chi connectivity index (χ2n) is 7.41. The van der Waals surface area contributed by atoms with E-state index >= 15 is 0 Å². The normalized spacial score (nSPS) is 21.4. The number of fused-ring (bicyclic) bond motifs is 4. The van der Waals surface area contributed by atoms with Crippen molar-refractivity contribution in [2.45, 2.75) is 25.4 Å². The van der Waals surface area contributed by atoms with Crippen molar-refractivity contribution in [1.82, 2.24) is 9.47 Å². The van der Waals surface area contributed by atoms with Crippen molar-refractivity contribution in [3.8, 4) is 17.2 Å². The molecule has 2 aromatic rings. The molecule has 0 radical (unpaired) electrons. The number of methoxy groups -OCH3 is 3. The third-order valence-electron chi connectivity index (χ3n) is 5.74. The molecule has 1 aromatic heterocycles. The molecule has 6 heteroatoms. The number of piperidine rings is 1. The van der Waals surface area contributed by atoms with Crippen LogP contribution in [0.1, 0.15) is 23.6 Å². The molecule has 144 valence electrons. The van der Waals surface area contributed by atoms with Crippen LogP contribution in [0.5, 0.6) is 17.2 Å². The third kappa shape index (κ3) is 3.30. The van der Waals surface area contributed by atoms with Crippen molar-refractivity contribution in [1.29, 1.82) is 0 Å². The molecular formula is C21H26N2O4. The fourth-order valence-corrected chi connectivity index (χ4v) is 4.58. The number of aromatic nitrogens is 1. The second-order valence-corrected chi connectivity index (χ2v) is 7.41. The van der Waals surface area contributed by atoms with Gasteiger partial charge in [0, 0.05) is 55.5 Å². The quantitative estimate of drug-likeness (QED) is 0.809. The minimum atomic E-state index is 0.122. The standard InChI is InChI=1S/C21H26N2O4/c1-25-18-9-20(27-3)19(26-2)8-16(18)13-22-10-14-7-15(12-22)17-5-4-6-21(24)23(17)11-14/h4-6,8-9,14-15H,7,10-13H2,1-3H3/t14-,15+/m0/s1. The molecule has 1 fully saturated rings. The van der Waals surface area contributed by atoms with E-state index in [9.17, 15) is 4.79 Å². The summed E-state index contributed by atoms with van der Waals surface area (Å²) < 4.78 is 18.4. The Labute approximate surface area is 159 Å². The first-order chi connectivity index (χ1) is 13.1. The van der Waals surface area contributed by atoms with Crippen LogP contribution in [0.4, 0.5) is 0 Å². The van der Waals surface area contributed by atoms with Gasteiger partial charge in [-0.1, -0.05) is 6.07 Å². The molecular weight excluding hydrogens is 344 g/mol. The van der Waals surface area contributed by atoms with E-state index in [2.05, 4.69) is 11.0 Å². The van der Waals surface area contributed by atoms with Gasteiger partial charge >= 0.3 is 0 Å². The third-order valence-corrected chi connectivity index (χ3v) is 5.74. The zero-order chi connectivity index (χ0) is 19.0. The Kier molecular flexibility index (Phi) is 4.83. The topological polar surface area (TPSA) is 52.9 Å². The Balaban J connectivity index is 1.59. The lowest BCUT2D eigenvalue weighted by molar-refractivity contribution is 0.113. The second kappa shape index (κ2) is 7.27. The lowest BCUT2D eigenvalue weighted by Gasteiger charge is -2.43. The highest BCUT2D eigenvalue weighted by atomic mass is 16.5. The average molecular weight is 370 g/mol. The molecule has 6 nitrogen and oxygen atoms in total. The Morgan fingerprint density at radius 1 is 0.963 bits per heavy atom. The molecule has 0 saturated carbocycles. The van der Waals surface area contributed by atoms with E-state index in [1.165, 1.54) is 5.69 Å². The first-order valence-electron chi connectivity index (χ1n) is 9.34. The summed E-state index contributed by atoms with van der Waals surface area (Å²) in [6, 6.07) is 9.53. The molecule has 2 bridgehead atoms. The van der Waals surface area contributed by atoms with Gasteiger partial charge in [-0.25, -0.2) is 0 Å². The Morgan fingerprint density at radius 2 is 1.70 bits per heavy atom. The van der Waals surface area contributed by atoms with E-state index in [0.717, 1.165) is 43.9 Å². The van der Waals surface area contributed by atoms with E-state index in [0.29, 0.717) is 23.3 Å². The molecule has 0 unspecified atom stereocenters. The number of likely N-dealkylation sites (tertiary alicyclic amines) is 1. The molecule has 3 heterocycles. The van der Waals surface area contributed by atoms with Crippen molar-refractivity contribution >= 4 is 0 Å². The van der Waals surface area contributed by atoms with Gasteiger partial charge in [0.1, 0.15) is 5.75 Å². The molecule has 2 aliphatic heterocycles. The van der Waals surface area contributed by atoms with Gasteiger partial charge in [-0.15, -0.1) is 0 Å². The number of benzene rings is 1. The van der Waals surface area contributed by atoms with Gasteiger partial charge in [0.2, 0.25) is 0 Å². The van der Waals surface area contributed by atoms with Crippen LogP contribution in [0.3, 0.4) is 0 Å². The number of hydrogen-bond donors (Lipinski definition) is 0. The van der Waals surface area contributed by atoms with Crippen LogP contribution < -0.4 is 19.8 Å². The molecule has 27 heavy (non-hydrogen) atoms. The van der Waals surface area contributed by atoms with Crippen molar-refractivity contribution < 1.29 is 14.2 Å². The summed E-state index contributed by atoms with van der Waals surface area (Å²) in [5.41, 5.74) is 2.38. The van der Waals surface area contributed by atoms with Crippen molar-refractivity contribution in [3.05, 3.63) is 51.9 Å². The first kappa shape index (κ1) is 17.9. The van der Waals surface area contributed by atoms with Crippen LogP contribution >= 0.6 is 0 Å². The number of ether oxygens (including phenoxy) is 3. The summed E-state index contributed by atoms with van der Waals surface area (Å²) in [5.74, 6) is 3.09. The zero-order valence-corrected chi connectivity index (χ0v) is 16.1. The van der Waals surface area contributed by atoms with Gasteiger partial charge < -0.3 is 18.8 Å². The molecule has 1 saturated heterocycles. The van der Waals surface area contributed by atoms with E-state index in [-0.39, 0.29) is 5.56 Å². The number of rotatable bonds is 5. The fourth-order valence-electron chi connectivity index (χ4n) is 4.58. The van der Waals surface area contributed by atoms with Crippen LogP contribution in [-0.2, 0) is 13.1 Å². The SMILES string of the molecule is COc1cc(OC)c(OC)cc1CN1C[C@@H]2C[C@H](C1)c1cccc(=O)n1C2. The zero-order valence-electron chi connectivity index (χ0n) is 16.1. The Bertz CT molecular complexity index is 892. The maximum Gasteiger partial charge on any atom is 0.250 e. The van der Waals surface area contributed by atoms with E-state index in [1.54, 1.807) is 27.4 Å². The summed E-state index contributed by atoms with van der Waals surface area (Å²) in [5, 5.41) is 0. The lowest BCUT2D eigenvalue weighted by Crippen LogP contribution is -2.46. The van der Waals surface area contributed by atoms with Crippen LogP contribution in [0, 0.1) is 5.92 Å². The predicted molar refractivity (Wildman–Crippen MR) is 103 cm³/mol. The number of pyridine rings is 1. The molecule has 1 aromatic carbocycles. The summed E-state index contributed by atoms with van der Waals surface area (Å²) in [7, 11) is 4.95. The minimum absolute atomic E-state index is 0.122. The molecule has 0 spiro atoms. The molecule has 2 aliphatic rings. The van der Waals surface area contributed by atoms with Gasteiger partial charge in [0.05, 0.1) is 21.3 Å². The van der Waals surface area contributed by atoms with Gasteiger partial charge in [-0.05, 0) is 24.5 Å². The molecule has 0 N–H and O–H groups in total. The smallest absolute Gasteiger partial charge is 0.250 e. The summed E-state index contributed by atoms with van der Waals surface area (Å²) in [4.78, 5) is 14.7. The van der Waals surface area contributed by atoms with Crippen LogP contribution in [-0.4, -0.2) is 43.9 Å². The average Bonchev–Trinajstić information content (AvgIpc) is 2.68. The highest BCUT2D eigenvalue weighted by molar-refractivity contribution is 5.50. The first-order valence-corrected chi connectivity index (χ1v) is 9.34. The van der Waals surface area contributed by atoms with E-state index in [1.807, 2.05) is 22.8 Å². The Morgan fingerprint density at radius 3 is 2.44 bits per heavy atom. The summed E-state index contributed by atoms with van der Waals surface area (Å²) in [6.07, 6.45) is 1.16. The van der Waals surface area contributed by atoms with E-state index in [4.69, 9.17) is 14.2 Å². The fraction of sp³-hybridized carbons (Fsp3) is 0.476. The van der Waals surface area contributed by atoms with Gasteiger partial charge in [0.25, 0.3) is 5.56 Å². The number of nitrogens with zero attached hydrogens (tertiary/aromatic N) is 2. The van der Waals surface area contributed by atoms with Gasteiger partial charge in [-0.3, -0.25) is 9.69 Å². The molecule has 4 rings (SSSR count). The van der Waals surface area contributed by atoms with Gasteiger partial charge in [0.15, 0.2) is 11.5 Å². The highest BCUT2D eigenvalue weighted by Crippen LogP contribution is 2.38. The van der Waals surface area contributed by atoms with Crippen molar-refractivity contribution in [3.63, 3.8) is 0 Å². The maximum atomic E-state index is 12.2. The monoisotopic (exact) mass is 370 g/mol.